The minimum Gasteiger partial charge on any atom is -0.379 e. The van der Waals surface area contributed by atoms with Gasteiger partial charge in [-0.05, 0) is 37.0 Å². The fourth-order valence-corrected chi connectivity index (χ4v) is 4.12. The van der Waals surface area contributed by atoms with Crippen molar-refractivity contribution in [3.63, 3.8) is 0 Å². The quantitative estimate of drug-likeness (QED) is 0.590. The van der Waals surface area contributed by atoms with E-state index >= 15 is 0 Å². The summed E-state index contributed by atoms with van der Waals surface area (Å²) in [6.07, 6.45) is 4.61. The van der Waals surface area contributed by atoms with Crippen LogP contribution in [0.1, 0.15) is 31.5 Å². The van der Waals surface area contributed by atoms with Gasteiger partial charge in [0.05, 0.1) is 24.2 Å². The number of morpholine rings is 1. The number of nitrogens with two attached hydrogens (primary N) is 1. The average Bonchev–Trinajstić information content (AvgIpc) is 3.26. The molecule has 0 spiro atoms. The van der Waals surface area contributed by atoms with E-state index in [1.807, 2.05) is 18.2 Å². The van der Waals surface area contributed by atoms with Gasteiger partial charge in [-0.3, -0.25) is 9.69 Å². The lowest BCUT2D eigenvalue weighted by Gasteiger charge is -2.25. The highest BCUT2D eigenvalue weighted by Crippen LogP contribution is 2.27. The standard InChI is InChI=1S/C20H29N5O2.3ClH/c21-16-3-1-2-14(16)12-20(26)22-15-4-5-17-18(13-15)24-19(23-17)6-7-25-8-10-27-11-9-25;;;/h4-5,13-14,16H,1-3,6-12,21H2,(H,22,26)(H,23,24);3*1H/t14-,16+;;;/m0.../s1. The summed E-state index contributed by atoms with van der Waals surface area (Å²) < 4.78 is 5.39. The maximum absolute atomic E-state index is 12.3. The lowest BCUT2D eigenvalue weighted by atomic mass is 10.00. The van der Waals surface area contributed by atoms with Gasteiger partial charge >= 0.3 is 0 Å². The van der Waals surface area contributed by atoms with Crippen molar-refractivity contribution in [2.24, 2.45) is 11.7 Å². The summed E-state index contributed by atoms with van der Waals surface area (Å²) in [5, 5.41) is 3.01. The summed E-state index contributed by atoms with van der Waals surface area (Å²) in [6, 6.07) is 6.01. The summed E-state index contributed by atoms with van der Waals surface area (Å²) in [5.41, 5.74) is 8.78. The Morgan fingerprint density at radius 3 is 2.70 bits per heavy atom. The predicted molar refractivity (Wildman–Crippen MR) is 127 cm³/mol. The van der Waals surface area contributed by atoms with E-state index in [1.165, 1.54) is 0 Å². The first-order valence-corrected chi connectivity index (χ1v) is 10.0. The van der Waals surface area contributed by atoms with E-state index in [1.54, 1.807) is 0 Å². The molecule has 1 saturated carbocycles. The Labute approximate surface area is 196 Å². The molecule has 1 aromatic carbocycles. The Bertz CT molecular complexity index is 798. The van der Waals surface area contributed by atoms with E-state index in [2.05, 4.69) is 20.2 Å². The molecule has 170 valence electrons. The van der Waals surface area contributed by atoms with Gasteiger partial charge in [0, 0.05) is 44.2 Å². The van der Waals surface area contributed by atoms with Crippen LogP contribution in [-0.2, 0) is 16.0 Å². The highest BCUT2D eigenvalue weighted by Gasteiger charge is 2.26. The van der Waals surface area contributed by atoms with Crippen LogP contribution in [0.3, 0.4) is 0 Å². The number of carbonyl (C=O) groups excluding carboxylic acids is 1. The number of H-pyrrole nitrogens is 1. The fourth-order valence-electron chi connectivity index (χ4n) is 4.12. The molecule has 4 N–H and O–H groups in total. The van der Waals surface area contributed by atoms with Crippen molar-refractivity contribution < 1.29 is 9.53 Å². The molecule has 7 nitrogen and oxygen atoms in total. The zero-order chi connectivity index (χ0) is 18.6. The molecule has 2 fully saturated rings. The SMILES string of the molecule is Cl.Cl.Cl.N[C@@H]1CCC[C@H]1CC(=O)Nc1ccc2nc(CCN3CCOCC3)[nH]c2c1. The van der Waals surface area contributed by atoms with Crippen LogP contribution in [0.5, 0.6) is 0 Å². The molecule has 4 rings (SSSR count). The number of ether oxygens (including phenoxy) is 1. The van der Waals surface area contributed by atoms with Crippen molar-refractivity contribution in [2.45, 2.75) is 38.1 Å². The Morgan fingerprint density at radius 1 is 1.23 bits per heavy atom. The normalized spacial score (nSPS) is 21.4. The lowest BCUT2D eigenvalue weighted by molar-refractivity contribution is -0.117. The smallest absolute Gasteiger partial charge is 0.224 e. The van der Waals surface area contributed by atoms with E-state index in [9.17, 15) is 4.79 Å². The van der Waals surface area contributed by atoms with Gasteiger partial charge in [-0.2, -0.15) is 0 Å². The van der Waals surface area contributed by atoms with Crippen molar-refractivity contribution in [3.05, 3.63) is 24.0 Å². The predicted octanol–water partition coefficient (Wildman–Crippen LogP) is 3.16. The maximum Gasteiger partial charge on any atom is 0.224 e. The molecular weight excluding hydrogens is 449 g/mol. The minimum absolute atomic E-state index is 0. The number of carbonyl (C=O) groups is 1. The highest BCUT2D eigenvalue weighted by molar-refractivity contribution is 5.93. The first kappa shape index (κ1) is 26.9. The van der Waals surface area contributed by atoms with Crippen LogP contribution in [-0.4, -0.2) is 59.7 Å². The number of halogens is 3. The van der Waals surface area contributed by atoms with E-state index in [4.69, 9.17) is 10.5 Å². The van der Waals surface area contributed by atoms with Crippen molar-refractivity contribution in [1.82, 2.24) is 14.9 Å². The van der Waals surface area contributed by atoms with Crippen molar-refractivity contribution >= 4 is 59.8 Å². The first-order chi connectivity index (χ1) is 13.2. The summed E-state index contributed by atoms with van der Waals surface area (Å²) in [7, 11) is 0. The zero-order valence-electron chi connectivity index (χ0n) is 17.0. The summed E-state index contributed by atoms with van der Waals surface area (Å²) >= 11 is 0. The van der Waals surface area contributed by atoms with Crippen molar-refractivity contribution in [1.29, 1.82) is 0 Å². The molecule has 2 aromatic rings. The van der Waals surface area contributed by atoms with Gasteiger partial charge in [-0.25, -0.2) is 4.98 Å². The Kier molecular flexibility index (Phi) is 11.4. The fraction of sp³-hybridized carbons (Fsp3) is 0.600. The van der Waals surface area contributed by atoms with Gasteiger partial charge < -0.3 is 20.8 Å². The molecule has 0 bridgehead atoms. The van der Waals surface area contributed by atoms with Crippen LogP contribution in [0.2, 0.25) is 0 Å². The van der Waals surface area contributed by atoms with E-state index in [0.717, 1.165) is 81.1 Å². The first-order valence-electron chi connectivity index (χ1n) is 10.0. The Hall–Kier alpha value is -1.09. The van der Waals surface area contributed by atoms with Gasteiger partial charge in [0.25, 0.3) is 0 Å². The second kappa shape index (κ2) is 12.7. The number of nitrogens with one attached hydrogen (secondary N) is 2. The number of fused-ring (bicyclic) bond motifs is 1. The molecule has 0 unspecified atom stereocenters. The Balaban J connectivity index is 0.00000150. The third-order valence-corrected chi connectivity index (χ3v) is 5.75. The average molecular weight is 481 g/mol. The molecule has 1 aliphatic carbocycles. The largest absolute Gasteiger partial charge is 0.379 e. The number of imidazole rings is 1. The van der Waals surface area contributed by atoms with Gasteiger partial charge in [0.15, 0.2) is 0 Å². The van der Waals surface area contributed by atoms with E-state index in [-0.39, 0.29) is 49.2 Å². The number of aromatic amines is 1. The van der Waals surface area contributed by atoms with Crippen LogP contribution >= 0.6 is 37.2 Å². The lowest BCUT2D eigenvalue weighted by Crippen LogP contribution is -2.37. The van der Waals surface area contributed by atoms with Crippen LogP contribution in [0.15, 0.2) is 18.2 Å². The van der Waals surface area contributed by atoms with Crippen molar-refractivity contribution in [2.75, 3.05) is 38.2 Å². The Morgan fingerprint density at radius 2 is 2.00 bits per heavy atom. The molecule has 2 atom stereocenters. The number of aromatic nitrogens is 2. The van der Waals surface area contributed by atoms with Gasteiger partial charge in [0.1, 0.15) is 5.82 Å². The van der Waals surface area contributed by atoms with Crippen LogP contribution < -0.4 is 11.1 Å². The third-order valence-electron chi connectivity index (χ3n) is 5.75. The van der Waals surface area contributed by atoms with E-state index in [0.29, 0.717) is 12.3 Å². The van der Waals surface area contributed by atoms with Gasteiger partial charge in [-0.1, -0.05) is 6.42 Å². The number of hydrogen-bond donors (Lipinski definition) is 3. The topological polar surface area (TPSA) is 96.3 Å². The molecule has 1 saturated heterocycles. The zero-order valence-corrected chi connectivity index (χ0v) is 19.4. The second-order valence-electron chi connectivity index (χ2n) is 7.73. The van der Waals surface area contributed by atoms with Gasteiger partial charge in [0.2, 0.25) is 5.91 Å². The number of rotatable bonds is 6. The van der Waals surface area contributed by atoms with Crippen LogP contribution in [0.4, 0.5) is 5.69 Å². The summed E-state index contributed by atoms with van der Waals surface area (Å²) in [5.74, 6) is 1.34. The third kappa shape index (κ3) is 6.97. The molecule has 2 aliphatic rings. The highest BCUT2D eigenvalue weighted by atomic mass is 35.5. The molecule has 10 heteroatoms. The molecule has 30 heavy (non-hydrogen) atoms. The number of nitrogens with zero attached hydrogens (tertiary/aromatic N) is 2. The molecule has 2 heterocycles. The molecule has 1 aliphatic heterocycles. The summed E-state index contributed by atoms with van der Waals surface area (Å²) in [6.45, 7) is 4.58. The van der Waals surface area contributed by atoms with Crippen LogP contribution in [0.25, 0.3) is 11.0 Å². The maximum atomic E-state index is 12.3. The molecule has 1 amide bonds. The molecule has 1 aromatic heterocycles. The molecular formula is C20H32Cl3N5O2. The number of benzene rings is 1. The van der Waals surface area contributed by atoms with Gasteiger partial charge in [-0.15, -0.1) is 37.2 Å². The van der Waals surface area contributed by atoms with Crippen LogP contribution in [0, 0.1) is 5.92 Å². The van der Waals surface area contributed by atoms with Crippen molar-refractivity contribution in [3.8, 4) is 0 Å². The molecule has 0 radical (unpaired) electrons. The number of hydrogen-bond acceptors (Lipinski definition) is 5. The monoisotopic (exact) mass is 479 g/mol. The number of anilines is 1. The van der Waals surface area contributed by atoms with E-state index < -0.39 is 0 Å². The summed E-state index contributed by atoms with van der Waals surface area (Å²) in [4.78, 5) is 22.8. The minimum atomic E-state index is 0. The second-order valence-corrected chi connectivity index (χ2v) is 7.73. The number of amides is 1.